The highest BCUT2D eigenvalue weighted by molar-refractivity contribution is 8.75. The molecule has 24 heavy (non-hydrogen) atoms. The molecular weight excluding hydrogens is 349 g/mol. The Kier molecular flexibility index (Phi) is 6.47. The van der Waals surface area contributed by atoms with E-state index in [0.717, 1.165) is 5.71 Å². The van der Waals surface area contributed by atoms with Gasteiger partial charge in [-0.05, 0) is 45.2 Å². The van der Waals surface area contributed by atoms with Crippen LogP contribution < -0.4 is 10.6 Å². The van der Waals surface area contributed by atoms with E-state index in [2.05, 4.69) is 95.3 Å². The molecule has 2 aromatic carbocycles. The molecule has 0 aromatic heterocycles. The van der Waals surface area contributed by atoms with Gasteiger partial charge in [0.15, 0.2) is 0 Å². The minimum absolute atomic E-state index is 0.106. The Hall–Kier alpha value is -0.890. The minimum atomic E-state index is -1.97. The first-order valence-corrected chi connectivity index (χ1v) is 12.4. The Bertz CT molecular complexity index is 693. The molecule has 0 fully saturated rings. The van der Waals surface area contributed by atoms with Gasteiger partial charge in [0.25, 0.3) is 0 Å². The standard InChI is InChI=1S/C20H26NPS2/c1-16(2)21-17(3)20(4,5)24-22(23,18-12-8-6-9-13-18)19-14-10-7-11-15-19/h6-16H,1-5H3. The second-order valence-corrected chi connectivity index (χ2v) is 14.5. The van der Waals surface area contributed by atoms with Gasteiger partial charge < -0.3 is 0 Å². The Morgan fingerprint density at radius 1 is 0.958 bits per heavy atom. The summed E-state index contributed by atoms with van der Waals surface area (Å²) in [6.07, 6.45) is 0. The van der Waals surface area contributed by atoms with Gasteiger partial charge in [0, 0.05) is 11.8 Å². The SMILES string of the molecule is CC(=NC(C)C)C(C)(C)SP(=S)(c1ccccc1)c1ccccc1. The van der Waals surface area contributed by atoms with E-state index in [1.807, 2.05) is 11.4 Å². The fourth-order valence-corrected chi connectivity index (χ4v) is 11.0. The Balaban J connectivity index is 2.51. The maximum Gasteiger partial charge on any atom is 0.0622 e. The third kappa shape index (κ3) is 4.59. The van der Waals surface area contributed by atoms with E-state index in [0.29, 0.717) is 6.04 Å². The molecule has 0 atom stereocenters. The number of aliphatic imine (C=N–C) groups is 1. The Labute approximate surface area is 155 Å². The van der Waals surface area contributed by atoms with Crippen molar-refractivity contribution in [2.75, 3.05) is 0 Å². The van der Waals surface area contributed by atoms with Crippen molar-refractivity contribution in [2.45, 2.75) is 45.4 Å². The highest BCUT2D eigenvalue weighted by atomic mass is 32.9. The second-order valence-electron chi connectivity index (χ2n) is 6.63. The summed E-state index contributed by atoms with van der Waals surface area (Å²) in [5.41, 5.74) is 1.16. The molecule has 2 aromatic rings. The van der Waals surface area contributed by atoms with Gasteiger partial charge in [0.05, 0.1) is 9.99 Å². The van der Waals surface area contributed by atoms with Crippen molar-refractivity contribution in [1.82, 2.24) is 0 Å². The molecule has 0 aliphatic rings. The zero-order valence-corrected chi connectivity index (χ0v) is 17.6. The predicted molar refractivity (Wildman–Crippen MR) is 116 cm³/mol. The smallest absolute Gasteiger partial charge is 0.0622 e. The van der Waals surface area contributed by atoms with Crippen molar-refractivity contribution in [1.29, 1.82) is 0 Å². The average Bonchev–Trinajstić information content (AvgIpc) is 2.55. The summed E-state index contributed by atoms with van der Waals surface area (Å²) in [6, 6.07) is 21.4. The second kappa shape index (κ2) is 7.99. The highest BCUT2D eigenvalue weighted by Gasteiger charge is 2.33. The molecule has 0 saturated heterocycles. The fraction of sp³-hybridized carbons (Fsp3) is 0.350. The van der Waals surface area contributed by atoms with Gasteiger partial charge in [-0.1, -0.05) is 72.5 Å². The Morgan fingerprint density at radius 2 is 1.38 bits per heavy atom. The predicted octanol–water partition coefficient (Wildman–Crippen LogP) is 5.41. The molecule has 0 bridgehead atoms. The first-order valence-electron chi connectivity index (χ1n) is 8.22. The van der Waals surface area contributed by atoms with Gasteiger partial charge >= 0.3 is 0 Å². The lowest BCUT2D eigenvalue weighted by Gasteiger charge is -2.33. The summed E-state index contributed by atoms with van der Waals surface area (Å²) < 4.78 is -0.106. The van der Waals surface area contributed by atoms with Crippen LogP contribution in [0, 0.1) is 0 Å². The minimum Gasteiger partial charge on any atom is -0.290 e. The zero-order valence-electron chi connectivity index (χ0n) is 15.1. The van der Waals surface area contributed by atoms with E-state index in [4.69, 9.17) is 16.8 Å². The molecular formula is C20H26NPS2. The van der Waals surface area contributed by atoms with Gasteiger partial charge in [-0.25, -0.2) is 0 Å². The van der Waals surface area contributed by atoms with Gasteiger partial charge in [-0.3, -0.25) is 4.99 Å². The fourth-order valence-electron chi connectivity index (χ4n) is 2.43. The van der Waals surface area contributed by atoms with Crippen molar-refractivity contribution in [3.63, 3.8) is 0 Å². The van der Waals surface area contributed by atoms with Crippen LogP contribution in [0.15, 0.2) is 65.7 Å². The number of nitrogens with zero attached hydrogens (tertiary/aromatic N) is 1. The van der Waals surface area contributed by atoms with E-state index >= 15 is 0 Å². The number of rotatable bonds is 6. The summed E-state index contributed by atoms with van der Waals surface area (Å²) >= 11 is 8.24. The van der Waals surface area contributed by atoms with Crippen molar-refractivity contribution >= 4 is 44.7 Å². The molecule has 0 aliphatic heterocycles. The molecule has 0 unspecified atom stereocenters. The van der Waals surface area contributed by atoms with Crippen LogP contribution in [-0.2, 0) is 11.8 Å². The van der Waals surface area contributed by atoms with Crippen LogP contribution in [0.3, 0.4) is 0 Å². The van der Waals surface area contributed by atoms with Crippen LogP contribution in [0.25, 0.3) is 0 Å². The van der Waals surface area contributed by atoms with E-state index in [1.165, 1.54) is 10.6 Å². The lowest BCUT2D eigenvalue weighted by molar-refractivity contribution is 0.812. The first-order chi connectivity index (χ1) is 11.3. The monoisotopic (exact) mass is 375 g/mol. The maximum absolute atomic E-state index is 6.33. The molecule has 0 spiro atoms. The summed E-state index contributed by atoms with van der Waals surface area (Å²) in [5.74, 6) is 0. The summed E-state index contributed by atoms with van der Waals surface area (Å²) in [4.78, 5) is 4.79. The maximum atomic E-state index is 6.33. The molecule has 0 saturated carbocycles. The van der Waals surface area contributed by atoms with E-state index in [1.54, 1.807) is 0 Å². The van der Waals surface area contributed by atoms with Crippen LogP contribution in [0.4, 0.5) is 0 Å². The lowest BCUT2D eigenvalue weighted by atomic mass is 10.1. The summed E-state index contributed by atoms with van der Waals surface area (Å²) in [5, 5.41) is 0.529. The molecule has 128 valence electrons. The Morgan fingerprint density at radius 3 is 1.75 bits per heavy atom. The number of hydrogen-bond acceptors (Lipinski definition) is 3. The number of benzene rings is 2. The largest absolute Gasteiger partial charge is 0.290 e. The molecule has 2 rings (SSSR count). The first kappa shape index (κ1) is 19.4. The zero-order chi connectivity index (χ0) is 17.8. The van der Waals surface area contributed by atoms with Crippen molar-refractivity contribution in [3.8, 4) is 0 Å². The quantitative estimate of drug-likeness (QED) is 0.494. The van der Waals surface area contributed by atoms with E-state index < -0.39 is 5.24 Å². The van der Waals surface area contributed by atoms with Crippen molar-refractivity contribution in [2.24, 2.45) is 4.99 Å². The molecule has 0 aliphatic carbocycles. The topological polar surface area (TPSA) is 12.4 Å². The van der Waals surface area contributed by atoms with E-state index in [9.17, 15) is 0 Å². The number of hydrogen-bond donors (Lipinski definition) is 0. The van der Waals surface area contributed by atoms with Crippen LogP contribution in [-0.4, -0.2) is 16.5 Å². The average molecular weight is 376 g/mol. The van der Waals surface area contributed by atoms with Gasteiger partial charge in [-0.2, -0.15) is 0 Å². The molecule has 1 nitrogen and oxygen atoms in total. The van der Waals surface area contributed by atoms with Gasteiger partial charge in [0.2, 0.25) is 0 Å². The van der Waals surface area contributed by atoms with Crippen LogP contribution in [0.5, 0.6) is 0 Å². The third-order valence-corrected chi connectivity index (χ3v) is 12.2. The summed E-state index contributed by atoms with van der Waals surface area (Å²) in [6.45, 7) is 10.9. The van der Waals surface area contributed by atoms with Crippen LogP contribution >= 0.6 is 16.6 Å². The highest BCUT2D eigenvalue weighted by Crippen LogP contribution is 2.62. The van der Waals surface area contributed by atoms with Crippen LogP contribution in [0.1, 0.15) is 34.6 Å². The van der Waals surface area contributed by atoms with Crippen LogP contribution in [0.2, 0.25) is 0 Å². The molecule has 4 heteroatoms. The van der Waals surface area contributed by atoms with Gasteiger partial charge in [-0.15, -0.1) is 11.4 Å². The van der Waals surface area contributed by atoms with Gasteiger partial charge in [0.1, 0.15) is 0 Å². The normalized spacial score (nSPS) is 13.3. The van der Waals surface area contributed by atoms with Crippen molar-refractivity contribution in [3.05, 3.63) is 60.7 Å². The molecule has 0 amide bonds. The summed E-state index contributed by atoms with van der Waals surface area (Å²) in [7, 11) is 0. The lowest BCUT2D eigenvalue weighted by Crippen LogP contribution is -2.29. The molecule has 0 heterocycles. The van der Waals surface area contributed by atoms with Crippen molar-refractivity contribution < 1.29 is 0 Å². The third-order valence-electron chi connectivity index (χ3n) is 3.87. The van der Waals surface area contributed by atoms with E-state index in [-0.39, 0.29) is 4.75 Å². The molecule has 0 radical (unpaired) electrons. The molecule has 0 N–H and O–H groups in total.